The summed E-state index contributed by atoms with van der Waals surface area (Å²) in [6.07, 6.45) is 4.80. The molecular weight excluding hydrogens is 390 g/mol. The Balaban J connectivity index is 1.55. The molecule has 0 radical (unpaired) electrons. The van der Waals surface area contributed by atoms with Crippen LogP contribution in [-0.2, 0) is 16.0 Å². The number of carbonyl (C=O) groups is 2. The summed E-state index contributed by atoms with van der Waals surface area (Å²) in [4.78, 5) is 34.7. The monoisotopic (exact) mass is 411 g/mol. The van der Waals surface area contributed by atoms with Gasteiger partial charge >= 0.3 is 0 Å². The molecule has 4 rings (SSSR count). The van der Waals surface area contributed by atoms with Crippen LogP contribution in [0.5, 0.6) is 0 Å². The lowest BCUT2D eigenvalue weighted by molar-refractivity contribution is -0.115. The SMILES string of the molecule is Cc1ccc(CC(=O)Nc2nc(-c3ccco3)c(C(=O)C3CCOCC3)s2)cn1. The van der Waals surface area contributed by atoms with Crippen LogP contribution in [0.15, 0.2) is 41.1 Å². The number of nitrogens with zero attached hydrogens (tertiary/aromatic N) is 2. The molecule has 3 aromatic heterocycles. The Bertz CT molecular complexity index is 990. The lowest BCUT2D eigenvalue weighted by Crippen LogP contribution is -2.23. The van der Waals surface area contributed by atoms with Gasteiger partial charge in [-0.1, -0.05) is 17.4 Å². The minimum Gasteiger partial charge on any atom is -0.463 e. The molecule has 150 valence electrons. The predicted molar refractivity (Wildman–Crippen MR) is 109 cm³/mol. The normalized spacial score (nSPS) is 14.7. The summed E-state index contributed by atoms with van der Waals surface area (Å²) < 4.78 is 10.8. The number of Topliss-reactive ketones (excluding diaryl/α,β-unsaturated/α-hetero) is 1. The van der Waals surface area contributed by atoms with Crippen molar-refractivity contribution in [3.05, 3.63) is 52.9 Å². The molecule has 1 N–H and O–H groups in total. The first-order valence-corrected chi connectivity index (χ1v) is 10.3. The number of carbonyl (C=O) groups excluding carboxylic acids is 2. The fourth-order valence-electron chi connectivity index (χ4n) is 3.22. The van der Waals surface area contributed by atoms with Gasteiger partial charge in [-0.05, 0) is 43.5 Å². The number of hydrogen-bond acceptors (Lipinski definition) is 7. The van der Waals surface area contributed by atoms with Crippen molar-refractivity contribution in [3.63, 3.8) is 0 Å². The molecule has 1 saturated heterocycles. The van der Waals surface area contributed by atoms with Gasteiger partial charge in [-0.3, -0.25) is 14.6 Å². The molecule has 3 aromatic rings. The minimum atomic E-state index is -0.208. The topological polar surface area (TPSA) is 94.3 Å². The van der Waals surface area contributed by atoms with Crippen LogP contribution in [0.4, 0.5) is 5.13 Å². The van der Waals surface area contributed by atoms with Crippen molar-refractivity contribution < 1.29 is 18.7 Å². The summed E-state index contributed by atoms with van der Waals surface area (Å²) >= 11 is 1.19. The van der Waals surface area contributed by atoms with Gasteiger partial charge in [0, 0.05) is 31.0 Å². The summed E-state index contributed by atoms with van der Waals surface area (Å²) in [5.41, 5.74) is 2.19. The maximum Gasteiger partial charge on any atom is 0.230 e. The van der Waals surface area contributed by atoms with Gasteiger partial charge in [0.25, 0.3) is 0 Å². The van der Waals surface area contributed by atoms with E-state index in [1.54, 1.807) is 24.6 Å². The maximum atomic E-state index is 13.1. The van der Waals surface area contributed by atoms with E-state index in [2.05, 4.69) is 15.3 Å². The largest absolute Gasteiger partial charge is 0.463 e. The standard InChI is InChI=1S/C21H21N3O4S/c1-13-4-5-14(12-22-13)11-17(25)23-21-24-18(16-3-2-8-28-16)20(29-21)19(26)15-6-9-27-10-7-15/h2-5,8,12,15H,6-7,9-11H2,1H3,(H,23,24,25). The number of pyridine rings is 1. The molecule has 29 heavy (non-hydrogen) atoms. The van der Waals surface area contributed by atoms with Crippen LogP contribution >= 0.6 is 11.3 Å². The van der Waals surface area contributed by atoms with E-state index < -0.39 is 0 Å². The highest BCUT2D eigenvalue weighted by Gasteiger charge is 2.29. The van der Waals surface area contributed by atoms with Crippen molar-refractivity contribution in [1.29, 1.82) is 0 Å². The van der Waals surface area contributed by atoms with E-state index in [1.165, 1.54) is 11.3 Å². The van der Waals surface area contributed by atoms with Crippen LogP contribution in [0.25, 0.3) is 11.5 Å². The molecule has 1 aliphatic heterocycles. The van der Waals surface area contributed by atoms with Crippen LogP contribution in [0.1, 0.15) is 33.8 Å². The molecule has 1 aliphatic rings. The van der Waals surface area contributed by atoms with Gasteiger partial charge in [0.2, 0.25) is 5.91 Å². The van der Waals surface area contributed by atoms with E-state index in [-0.39, 0.29) is 24.0 Å². The quantitative estimate of drug-likeness (QED) is 0.618. The Labute approximate surface area is 172 Å². The molecule has 0 saturated carbocycles. The Morgan fingerprint density at radius 3 is 2.76 bits per heavy atom. The van der Waals surface area contributed by atoms with Gasteiger partial charge in [-0.15, -0.1) is 0 Å². The van der Waals surface area contributed by atoms with Gasteiger partial charge in [0.15, 0.2) is 16.7 Å². The van der Waals surface area contributed by atoms with Gasteiger partial charge in [0.05, 0.1) is 12.7 Å². The highest BCUT2D eigenvalue weighted by Crippen LogP contribution is 2.35. The molecule has 0 atom stereocenters. The van der Waals surface area contributed by atoms with Gasteiger partial charge < -0.3 is 14.5 Å². The molecule has 7 nitrogen and oxygen atoms in total. The number of furan rings is 1. The van der Waals surface area contributed by atoms with Crippen LogP contribution in [0, 0.1) is 12.8 Å². The minimum absolute atomic E-state index is 0.0282. The third-order valence-electron chi connectivity index (χ3n) is 4.78. The summed E-state index contributed by atoms with van der Waals surface area (Å²) in [6.45, 7) is 3.06. The Hall–Kier alpha value is -2.84. The van der Waals surface area contributed by atoms with Crippen LogP contribution < -0.4 is 5.32 Å². The second-order valence-electron chi connectivity index (χ2n) is 6.96. The molecule has 0 unspecified atom stereocenters. The average molecular weight is 411 g/mol. The van der Waals surface area contributed by atoms with Crippen molar-refractivity contribution in [3.8, 4) is 11.5 Å². The number of rotatable bonds is 6. The molecule has 0 bridgehead atoms. The summed E-state index contributed by atoms with van der Waals surface area (Å²) in [7, 11) is 0. The van der Waals surface area contributed by atoms with E-state index in [4.69, 9.17) is 9.15 Å². The van der Waals surface area contributed by atoms with Crippen molar-refractivity contribution in [1.82, 2.24) is 9.97 Å². The molecule has 0 aromatic carbocycles. The highest BCUT2D eigenvalue weighted by atomic mass is 32.1. The zero-order chi connectivity index (χ0) is 20.2. The van der Waals surface area contributed by atoms with Gasteiger partial charge in [0.1, 0.15) is 10.6 Å². The average Bonchev–Trinajstić information content (AvgIpc) is 3.39. The van der Waals surface area contributed by atoms with Crippen molar-refractivity contribution in [2.45, 2.75) is 26.2 Å². The van der Waals surface area contributed by atoms with Crippen molar-refractivity contribution in [2.75, 3.05) is 18.5 Å². The summed E-state index contributed by atoms with van der Waals surface area (Å²) in [5, 5.41) is 3.19. The van der Waals surface area contributed by atoms with E-state index in [0.29, 0.717) is 47.5 Å². The third-order valence-corrected chi connectivity index (χ3v) is 5.77. The summed E-state index contributed by atoms with van der Waals surface area (Å²) in [5.74, 6) is 0.237. The fourth-order valence-corrected chi connectivity index (χ4v) is 4.22. The summed E-state index contributed by atoms with van der Waals surface area (Å²) in [6, 6.07) is 7.25. The smallest absolute Gasteiger partial charge is 0.230 e. The number of ketones is 1. The first kappa shape index (κ1) is 19.5. The molecular formula is C21H21N3O4S. The highest BCUT2D eigenvalue weighted by molar-refractivity contribution is 7.18. The molecule has 1 amide bonds. The van der Waals surface area contributed by atoms with Crippen LogP contribution in [0.3, 0.4) is 0 Å². The van der Waals surface area contributed by atoms with Crippen molar-refractivity contribution >= 4 is 28.2 Å². The molecule has 8 heteroatoms. The number of ether oxygens (including phenoxy) is 1. The lowest BCUT2D eigenvalue weighted by atomic mass is 9.94. The Morgan fingerprint density at radius 2 is 2.07 bits per heavy atom. The number of anilines is 1. The Kier molecular flexibility index (Phi) is 5.82. The number of thiazole rings is 1. The zero-order valence-electron chi connectivity index (χ0n) is 16.0. The number of nitrogens with one attached hydrogen (secondary N) is 1. The lowest BCUT2D eigenvalue weighted by Gasteiger charge is -2.20. The first-order valence-electron chi connectivity index (χ1n) is 9.48. The van der Waals surface area contributed by atoms with Crippen LogP contribution in [-0.4, -0.2) is 34.9 Å². The van der Waals surface area contributed by atoms with E-state index in [0.717, 1.165) is 11.3 Å². The van der Waals surface area contributed by atoms with Gasteiger partial charge in [-0.25, -0.2) is 4.98 Å². The Morgan fingerprint density at radius 1 is 1.24 bits per heavy atom. The first-order chi connectivity index (χ1) is 14.1. The van der Waals surface area contributed by atoms with E-state index >= 15 is 0 Å². The zero-order valence-corrected chi connectivity index (χ0v) is 16.8. The third kappa shape index (κ3) is 4.60. The van der Waals surface area contributed by atoms with Crippen molar-refractivity contribution in [2.24, 2.45) is 5.92 Å². The number of aromatic nitrogens is 2. The molecule has 1 fully saturated rings. The fraction of sp³-hybridized carbons (Fsp3) is 0.333. The second kappa shape index (κ2) is 8.67. The molecule has 0 aliphatic carbocycles. The molecule has 4 heterocycles. The molecule has 0 spiro atoms. The number of aryl methyl sites for hydroxylation is 1. The predicted octanol–water partition coefficient (Wildman–Crippen LogP) is 3.90. The van der Waals surface area contributed by atoms with Gasteiger partial charge in [-0.2, -0.15) is 0 Å². The maximum absolute atomic E-state index is 13.1. The number of hydrogen-bond donors (Lipinski definition) is 1. The van der Waals surface area contributed by atoms with E-state index in [1.807, 2.05) is 19.1 Å². The number of amides is 1. The van der Waals surface area contributed by atoms with Crippen LogP contribution in [0.2, 0.25) is 0 Å². The van der Waals surface area contributed by atoms with E-state index in [9.17, 15) is 9.59 Å². The second-order valence-corrected chi connectivity index (χ2v) is 7.96.